The summed E-state index contributed by atoms with van der Waals surface area (Å²) in [6, 6.07) is 3.39. The molecular weight excluding hydrogens is 311 g/mol. The molecule has 6 nitrogen and oxygen atoms in total. The van der Waals surface area contributed by atoms with E-state index in [1.54, 1.807) is 0 Å². The zero-order valence-electron chi connectivity index (χ0n) is 11.9. The molecule has 9 heteroatoms. The summed E-state index contributed by atoms with van der Waals surface area (Å²) < 4.78 is 37.9. The number of hydrogen-bond donors (Lipinski definition) is 3. The van der Waals surface area contributed by atoms with Crippen LogP contribution in [0.2, 0.25) is 0 Å². The van der Waals surface area contributed by atoms with E-state index in [4.69, 9.17) is 0 Å². The highest BCUT2D eigenvalue weighted by atomic mass is 19.4. The highest BCUT2D eigenvalue weighted by Gasteiger charge is 2.30. The SMILES string of the molecule is O=C(CNc1ncc2cc(C(F)(F)F)ccc2n1)NC1CNC1. The first-order valence-electron chi connectivity index (χ1n) is 7.00. The van der Waals surface area contributed by atoms with Gasteiger partial charge in [0, 0.05) is 24.7 Å². The van der Waals surface area contributed by atoms with Crippen molar-refractivity contribution < 1.29 is 18.0 Å². The van der Waals surface area contributed by atoms with Crippen LogP contribution >= 0.6 is 0 Å². The van der Waals surface area contributed by atoms with Crippen LogP contribution in [-0.2, 0) is 11.0 Å². The maximum atomic E-state index is 12.6. The van der Waals surface area contributed by atoms with Crippen molar-refractivity contribution in [3.05, 3.63) is 30.0 Å². The molecule has 0 radical (unpaired) electrons. The molecule has 3 N–H and O–H groups in total. The Labute approximate surface area is 129 Å². The van der Waals surface area contributed by atoms with Crippen LogP contribution < -0.4 is 16.0 Å². The predicted molar refractivity (Wildman–Crippen MR) is 77.8 cm³/mol. The lowest BCUT2D eigenvalue weighted by molar-refractivity contribution is -0.137. The molecule has 2 aromatic rings. The summed E-state index contributed by atoms with van der Waals surface area (Å²) in [6.07, 6.45) is -3.10. The molecule has 0 saturated carbocycles. The number of halogens is 3. The van der Waals surface area contributed by atoms with Gasteiger partial charge in [0.1, 0.15) is 0 Å². The van der Waals surface area contributed by atoms with Gasteiger partial charge in [-0.1, -0.05) is 0 Å². The fourth-order valence-electron chi connectivity index (χ4n) is 2.12. The summed E-state index contributed by atoms with van der Waals surface area (Å²) in [5, 5.41) is 8.88. The average Bonchev–Trinajstić information content (AvgIpc) is 2.47. The molecule has 1 aliphatic rings. The molecule has 0 spiro atoms. The van der Waals surface area contributed by atoms with E-state index in [9.17, 15) is 18.0 Å². The second-order valence-electron chi connectivity index (χ2n) is 5.24. The van der Waals surface area contributed by atoms with Crippen molar-refractivity contribution in [3.8, 4) is 0 Å². The van der Waals surface area contributed by atoms with Gasteiger partial charge in [0.15, 0.2) is 0 Å². The van der Waals surface area contributed by atoms with E-state index in [0.29, 0.717) is 5.52 Å². The van der Waals surface area contributed by atoms with Gasteiger partial charge in [-0.25, -0.2) is 9.97 Å². The minimum atomic E-state index is -4.40. The topological polar surface area (TPSA) is 78.9 Å². The van der Waals surface area contributed by atoms with Crippen LogP contribution in [-0.4, -0.2) is 41.6 Å². The van der Waals surface area contributed by atoms with Gasteiger partial charge in [-0.15, -0.1) is 0 Å². The smallest absolute Gasteiger partial charge is 0.349 e. The van der Waals surface area contributed by atoms with Crippen LogP contribution in [0, 0.1) is 0 Å². The van der Waals surface area contributed by atoms with E-state index >= 15 is 0 Å². The highest BCUT2D eigenvalue weighted by molar-refractivity contribution is 5.82. The molecule has 0 atom stereocenters. The third kappa shape index (κ3) is 3.67. The lowest BCUT2D eigenvalue weighted by Gasteiger charge is -2.27. The number of hydrogen-bond acceptors (Lipinski definition) is 5. The van der Waals surface area contributed by atoms with Crippen molar-refractivity contribution >= 4 is 22.8 Å². The number of aromatic nitrogens is 2. The third-order valence-corrected chi connectivity index (χ3v) is 3.46. The molecule has 0 unspecified atom stereocenters. The van der Waals surface area contributed by atoms with Gasteiger partial charge in [-0.3, -0.25) is 4.79 Å². The Morgan fingerprint density at radius 3 is 2.78 bits per heavy atom. The van der Waals surface area contributed by atoms with Gasteiger partial charge in [0.25, 0.3) is 0 Å². The largest absolute Gasteiger partial charge is 0.416 e. The molecule has 2 heterocycles. The second-order valence-corrected chi connectivity index (χ2v) is 5.24. The first kappa shape index (κ1) is 15.5. The summed E-state index contributed by atoms with van der Waals surface area (Å²) in [5.74, 6) is 0.00626. The molecular formula is C14H14F3N5O. The monoisotopic (exact) mass is 325 g/mol. The summed E-state index contributed by atoms with van der Waals surface area (Å²) in [4.78, 5) is 19.7. The van der Waals surface area contributed by atoms with Crippen molar-refractivity contribution in [1.29, 1.82) is 0 Å². The fourth-order valence-corrected chi connectivity index (χ4v) is 2.12. The summed E-state index contributed by atoms with van der Waals surface area (Å²) >= 11 is 0. The van der Waals surface area contributed by atoms with Crippen molar-refractivity contribution in [1.82, 2.24) is 20.6 Å². The summed E-state index contributed by atoms with van der Waals surface area (Å²) in [6.45, 7) is 1.50. The Bertz CT molecular complexity index is 730. The molecule has 1 aliphatic heterocycles. The van der Waals surface area contributed by atoms with Crippen LogP contribution in [0.3, 0.4) is 0 Å². The lowest BCUT2D eigenvalue weighted by Crippen LogP contribution is -2.57. The molecule has 1 amide bonds. The number of nitrogens with one attached hydrogen (secondary N) is 3. The number of benzene rings is 1. The standard InChI is InChI=1S/C14H14F3N5O/c15-14(16,17)9-1-2-11-8(3-9)4-19-13(22-11)20-7-12(23)21-10-5-18-6-10/h1-4,10,18H,5-7H2,(H,21,23)(H,19,20,22). The van der Waals surface area contributed by atoms with Gasteiger partial charge in [-0.2, -0.15) is 13.2 Å². The van der Waals surface area contributed by atoms with Crippen LogP contribution in [0.15, 0.2) is 24.4 Å². The lowest BCUT2D eigenvalue weighted by atomic mass is 10.1. The molecule has 122 valence electrons. The Morgan fingerprint density at radius 2 is 2.13 bits per heavy atom. The van der Waals surface area contributed by atoms with E-state index in [-0.39, 0.29) is 29.8 Å². The predicted octanol–water partition coefficient (Wildman–Crippen LogP) is 1.15. The number of nitrogens with zero attached hydrogens (tertiary/aromatic N) is 2. The molecule has 0 aliphatic carbocycles. The number of fused-ring (bicyclic) bond motifs is 1. The molecule has 3 rings (SSSR count). The van der Waals surface area contributed by atoms with Crippen molar-refractivity contribution in [2.75, 3.05) is 25.0 Å². The molecule has 0 bridgehead atoms. The molecule has 1 aromatic carbocycles. The second kappa shape index (κ2) is 5.99. The van der Waals surface area contributed by atoms with Gasteiger partial charge in [0.2, 0.25) is 11.9 Å². The Kier molecular flexibility index (Phi) is 4.03. The van der Waals surface area contributed by atoms with Crippen molar-refractivity contribution in [2.45, 2.75) is 12.2 Å². The maximum absolute atomic E-state index is 12.6. The number of anilines is 1. The average molecular weight is 325 g/mol. The first-order chi connectivity index (χ1) is 10.9. The van der Waals surface area contributed by atoms with Gasteiger partial charge in [0.05, 0.1) is 23.7 Å². The zero-order valence-corrected chi connectivity index (χ0v) is 11.9. The van der Waals surface area contributed by atoms with Gasteiger partial charge < -0.3 is 16.0 Å². The van der Waals surface area contributed by atoms with Crippen molar-refractivity contribution in [3.63, 3.8) is 0 Å². The van der Waals surface area contributed by atoms with Crippen molar-refractivity contribution in [2.24, 2.45) is 0 Å². The highest BCUT2D eigenvalue weighted by Crippen LogP contribution is 2.30. The van der Waals surface area contributed by atoms with Crippen LogP contribution in [0.1, 0.15) is 5.56 Å². The number of alkyl halides is 3. The minimum absolute atomic E-state index is 0.00262. The quantitative estimate of drug-likeness (QED) is 0.786. The van der Waals surface area contributed by atoms with E-state index < -0.39 is 11.7 Å². The number of carbonyl (C=O) groups is 1. The van der Waals surface area contributed by atoms with Gasteiger partial charge in [-0.05, 0) is 18.2 Å². The number of amides is 1. The molecule has 1 aromatic heterocycles. The van der Waals surface area contributed by atoms with Crippen LogP contribution in [0.5, 0.6) is 0 Å². The van der Waals surface area contributed by atoms with E-state index in [1.807, 2.05) is 0 Å². The summed E-state index contributed by atoms with van der Waals surface area (Å²) in [5.41, 5.74) is -0.373. The fraction of sp³-hybridized carbons (Fsp3) is 0.357. The van der Waals surface area contributed by atoms with Crippen LogP contribution in [0.4, 0.5) is 19.1 Å². The summed E-state index contributed by atoms with van der Waals surface area (Å²) in [7, 11) is 0. The molecule has 1 fully saturated rings. The Balaban J connectivity index is 1.66. The zero-order chi connectivity index (χ0) is 16.4. The normalized spacial score (nSPS) is 15.3. The molecule has 1 saturated heterocycles. The molecule has 23 heavy (non-hydrogen) atoms. The minimum Gasteiger partial charge on any atom is -0.349 e. The first-order valence-corrected chi connectivity index (χ1v) is 7.00. The third-order valence-electron chi connectivity index (χ3n) is 3.46. The maximum Gasteiger partial charge on any atom is 0.416 e. The van der Waals surface area contributed by atoms with E-state index in [2.05, 4.69) is 25.9 Å². The van der Waals surface area contributed by atoms with Gasteiger partial charge >= 0.3 is 6.18 Å². The van der Waals surface area contributed by atoms with Crippen LogP contribution in [0.25, 0.3) is 10.9 Å². The number of rotatable bonds is 4. The number of carbonyl (C=O) groups excluding carboxylic acids is 1. The van der Waals surface area contributed by atoms with E-state index in [1.165, 1.54) is 12.3 Å². The Hall–Kier alpha value is -2.42. The van der Waals surface area contributed by atoms with E-state index in [0.717, 1.165) is 25.2 Å². The Morgan fingerprint density at radius 1 is 1.35 bits per heavy atom.